The van der Waals surface area contributed by atoms with Crippen molar-refractivity contribution in [2.75, 3.05) is 5.73 Å². The van der Waals surface area contributed by atoms with Crippen molar-refractivity contribution in [3.63, 3.8) is 0 Å². The molecule has 0 radical (unpaired) electrons. The summed E-state index contributed by atoms with van der Waals surface area (Å²) in [4.78, 5) is 0. The molecule has 1 heterocycles. The molecule has 1 nitrogen and oxygen atoms in total. The number of rotatable bonds is 1. The molecule has 0 unspecified atom stereocenters. The Hall–Kier alpha value is -1.000. The second kappa shape index (κ2) is 9.80. The molecule has 0 saturated heterocycles. The van der Waals surface area contributed by atoms with E-state index in [0.29, 0.717) is 0 Å². The third-order valence-electron chi connectivity index (χ3n) is 3.68. The van der Waals surface area contributed by atoms with Crippen LogP contribution in [0.4, 0.5) is 5.69 Å². The van der Waals surface area contributed by atoms with Gasteiger partial charge in [-0.05, 0) is 35.4 Å². The van der Waals surface area contributed by atoms with E-state index in [2.05, 4.69) is 70.9 Å². The fourth-order valence-electron chi connectivity index (χ4n) is 2.65. The minimum Gasteiger partial charge on any atom is -0.399 e. The van der Waals surface area contributed by atoms with E-state index in [4.69, 9.17) is 5.73 Å². The van der Waals surface area contributed by atoms with Crippen molar-refractivity contribution in [3.8, 4) is 11.1 Å². The van der Waals surface area contributed by atoms with E-state index < -0.39 is 0 Å². The minimum absolute atomic E-state index is 0.805. The Morgan fingerprint density at radius 3 is 2.12 bits per heavy atom. The minimum atomic E-state index is 0.805. The lowest BCUT2D eigenvalue weighted by Crippen LogP contribution is -1.84. The van der Waals surface area contributed by atoms with E-state index in [9.17, 15) is 0 Å². The van der Waals surface area contributed by atoms with Crippen LogP contribution in [0.5, 0.6) is 0 Å². The van der Waals surface area contributed by atoms with Crippen LogP contribution in [0.25, 0.3) is 31.3 Å². The van der Waals surface area contributed by atoms with Crippen LogP contribution in [0.3, 0.4) is 0 Å². The molecule has 1 aromatic heterocycles. The van der Waals surface area contributed by atoms with E-state index in [1.165, 1.54) is 66.8 Å². The van der Waals surface area contributed by atoms with Crippen molar-refractivity contribution in [2.24, 2.45) is 0 Å². The molecule has 2 N–H and O–H groups in total. The maximum absolute atomic E-state index is 5.87. The van der Waals surface area contributed by atoms with Crippen molar-refractivity contribution in [1.82, 2.24) is 0 Å². The monoisotopic (exact) mass is 467 g/mol. The molecule has 0 aliphatic heterocycles. The molecule has 0 aliphatic carbocycles. The van der Waals surface area contributed by atoms with Crippen molar-refractivity contribution < 1.29 is 0 Å². The third-order valence-corrected chi connectivity index (χ3v) is 11.5. The molecule has 0 saturated carbocycles. The largest absolute Gasteiger partial charge is 0.399 e. The first kappa shape index (κ1) is 19.8. The molecule has 4 rings (SSSR count). The van der Waals surface area contributed by atoms with Crippen LogP contribution < -0.4 is 5.73 Å². The van der Waals surface area contributed by atoms with E-state index >= 15 is 0 Å². The number of hydrogen-bond donors (Lipinski definition) is 1. The molecule has 132 valence electrons. The standard InChI is InChI=1S/C18H13NS.S6/c19-14-5-3-4-12(10-14)13-8-9-16-15-6-1-2-7-17(15)20-18(16)11-13;1-3-5-6-4-2/h1-11H,19H2;. The zero-order valence-electron chi connectivity index (χ0n) is 13.3. The number of hydrogen-bond acceptors (Lipinski definition) is 4. The Bertz CT molecular complexity index is 1220. The topological polar surface area (TPSA) is 26.0 Å². The molecule has 26 heavy (non-hydrogen) atoms. The van der Waals surface area contributed by atoms with Gasteiger partial charge in [0.25, 0.3) is 0 Å². The summed E-state index contributed by atoms with van der Waals surface area (Å²) >= 11 is 10.9. The van der Waals surface area contributed by atoms with Crippen LogP contribution in [-0.2, 0) is 57.9 Å². The van der Waals surface area contributed by atoms with Crippen molar-refractivity contribution >= 4 is 95.1 Å². The lowest BCUT2D eigenvalue weighted by atomic mass is 10.0. The average Bonchev–Trinajstić information content (AvgIpc) is 3.04. The molecule has 0 spiro atoms. The summed E-state index contributed by atoms with van der Waals surface area (Å²) in [5.74, 6) is 0. The van der Waals surface area contributed by atoms with Crippen molar-refractivity contribution in [1.29, 1.82) is 0 Å². The van der Waals surface area contributed by atoms with E-state index in [-0.39, 0.29) is 0 Å². The predicted octanol–water partition coefficient (Wildman–Crippen LogP) is 5.29. The van der Waals surface area contributed by atoms with Gasteiger partial charge in [0.15, 0.2) is 0 Å². The first-order valence-electron chi connectivity index (χ1n) is 7.42. The van der Waals surface area contributed by atoms with Gasteiger partial charge >= 0.3 is 0 Å². The Kier molecular flexibility index (Phi) is 7.44. The molecule has 4 aromatic rings. The summed E-state index contributed by atoms with van der Waals surface area (Å²) in [5, 5.41) is 2.67. The molecule has 0 aliphatic rings. The molecular formula is C18H13NS7. The van der Waals surface area contributed by atoms with E-state index in [1.54, 1.807) is 0 Å². The van der Waals surface area contributed by atoms with Gasteiger partial charge in [0.05, 0.1) is 0 Å². The lowest BCUT2D eigenvalue weighted by Gasteiger charge is -2.03. The summed E-state index contributed by atoms with van der Waals surface area (Å²) in [6.45, 7) is 0. The smallest absolute Gasteiger partial charge is 0.0361 e. The van der Waals surface area contributed by atoms with Gasteiger partial charge in [0.2, 0.25) is 0 Å². The van der Waals surface area contributed by atoms with Gasteiger partial charge < -0.3 is 5.73 Å². The summed E-state index contributed by atoms with van der Waals surface area (Å²) < 4.78 is 2.67. The highest BCUT2D eigenvalue weighted by Crippen LogP contribution is 2.36. The summed E-state index contributed by atoms with van der Waals surface area (Å²) in [7, 11) is 5.63. The maximum Gasteiger partial charge on any atom is 0.0361 e. The van der Waals surface area contributed by atoms with Crippen LogP contribution in [0.15, 0.2) is 66.7 Å². The van der Waals surface area contributed by atoms with Gasteiger partial charge in [0.1, 0.15) is 0 Å². The lowest BCUT2D eigenvalue weighted by molar-refractivity contribution is 1.64. The predicted molar refractivity (Wildman–Crippen MR) is 133 cm³/mol. The number of fused-ring (bicyclic) bond motifs is 3. The zero-order valence-corrected chi connectivity index (χ0v) is 19.0. The number of nitrogens with two attached hydrogens (primary N) is 1. The van der Waals surface area contributed by atoms with E-state index in [1.807, 2.05) is 29.5 Å². The quantitative estimate of drug-likeness (QED) is 0.385. The number of benzene rings is 3. The first-order valence-corrected chi connectivity index (χ1v) is 14.9. The second-order valence-electron chi connectivity index (χ2n) is 5.21. The fraction of sp³-hybridized carbons (Fsp3) is 0. The molecule has 3 aromatic carbocycles. The van der Waals surface area contributed by atoms with Gasteiger partial charge in [0, 0.05) is 83.8 Å². The zero-order chi connectivity index (χ0) is 18.4. The third kappa shape index (κ3) is 4.83. The molecule has 0 amide bonds. The highest BCUT2D eigenvalue weighted by molar-refractivity contribution is 8.64. The normalized spacial score (nSPS) is 10.0. The molecule has 8 heteroatoms. The van der Waals surface area contributed by atoms with Gasteiger partial charge in [-0.3, -0.25) is 0 Å². The van der Waals surface area contributed by atoms with E-state index in [0.717, 1.165) is 5.69 Å². The summed E-state index contributed by atoms with van der Waals surface area (Å²) in [6, 6.07) is 23.3. The number of anilines is 1. The highest BCUT2D eigenvalue weighted by atomic mass is 33.3. The molecule has 0 atom stereocenters. The van der Waals surface area contributed by atoms with Crippen LogP contribution in [0.2, 0.25) is 0 Å². The first-order chi connectivity index (χ1) is 12.7. The van der Waals surface area contributed by atoms with Gasteiger partial charge in [-0.2, -0.15) is 0 Å². The van der Waals surface area contributed by atoms with Crippen molar-refractivity contribution in [3.05, 3.63) is 66.7 Å². The number of thiophene rings is 1. The van der Waals surface area contributed by atoms with Crippen LogP contribution in [-0.4, -0.2) is 0 Å². The number of nitrogen functional groups attached to an aromatic ring is 1. The Labute approximate surface area is 177 Å². The Morgan fingerprint density at radius 2 is 1.38 bits per heavy atom. The average molecular weight is 468 g/mol. The van der Waals surface area contributed by atoms with Crippen LogP contribution >= 0.6 is 11.3 Å². The second-order valence-corrected chi connectivity index (χ2v) is 13.4. The highest BCUT2D eigenvalue weighted by Gasteiger charge is 2.06. The van der Waals surface area contributed by atoms with Crippen LogP contribution in [0.1, 0.15) is 0 Å². The maximum atomic E-state index is 5.87. The van der Waals surface area contributed by atoms with Crippen molar-refractivity contribution in [2.45, 2.75) is 0 Å². The molecule has 0 fully saturated rings. The summed E-state index contributed by atoms with van der Waals surface area (Å²) in [6.07, 6.45) is 0. The van der Waals surface area contributed by atoms with Crippen LogP contribution in [0, 0.1) is 0 Å². The SMILES string of the molecule is Nc1cccc(-c2ccc3c(c2)sc2ccccc23)c1.S=S=S=S=S=S. The van der Waals surface area contributed by atoms with Gasteiger partial charge in [-0.1, -0.05) is 42.5 Å². The fourth-order valence-corrected chi connectivity index (χ4v) is 9.28. The Morgan fingerprint density at radius 1 is 0.692 bits per heavy atom. The molecule has 0 bridgehead atoms. The van der Waals surface area contributed by atoms with Gasteiger partial charge in [-0.25, -0.2) is 0 Å². The van der Waals surface area contributed by atoms with Gasteiger partial charge in [-0.15, -0.1) is 11.3 Å². The molecular weight excluding hydrogens is 455 g/mol. The summed E-state index contributed by atoms with van der Waals surface area (Å²) in [5.41, 5.74) is 9.07. The Balaban J connectivity index is 0.000000286.